The van der Waals surface area contributed by atoms with Gasteiger partial charge in [0.25, 0.3) is 0 Å². The molecule has 0 unspecified atom stereocenters. The molecule has 0 radical (unpaired) electrons. The molecule has 0 saturated carbocycles. The van der Waals surface area contributed by atoms with Gasteiger partial charge in [0, 0.05) is 11.3 Å². The van der Waals surface area contributed by atoms with Gasteiger partial charge in [-0.15, -0.1) is 0 Å². The van der Waals surface area contributed by atoms with Crippen molar-refractivity contribution in [2.75, 3.05) is 5.32 Å². The smallest absolute Gasteiger partial charge is 0.132 e. The number of nitrogens with zero attached hydrogens (tertiary/aromatic N) is 1. The molecule has 0 aliphatic heterocycles. The number of aromatic nitrogens is 1. The number of halogens is 2. The van der Waals surface area contributed by atoms with Gasteiger partial charge in [0.1, 0.15) is 16.8 Å². The van der Waals surface area contributed by atoms with E-state index in [0.717, 1.165) is 0 Å². The first-order valence-electron chi connectivity index (χ1n) is 4.81. The summed E-state index contributed by atoms with van der Waals surface area (Å²) in [6.45, 7) is 1.71. The average Bonchev–Trinajstić information content (AvgIpc) is 2.25. The summed E-state index contributed by atoms with van der Waals surface area (Å²) in [5, 5.41) is 3.42. The lowest BCUT2D eigenvalue weighted by molar-refractivity contribution is 0.619. The summed E-state index contributed by atoms with van der Waals surface area (Å²) in [6.07, 6.45) is 0. The van der Waals surface area contributed by atoms with Gasteiger partial charge < -0.3 is 5.32 Å². The summed E-state index contributed by atoms with van der Waals surface area (Å²) in [5.41, 5.74) is 1.25. The lowest BCUT2D eigenvalue weighted by Gasteiger charge is -2.09. The molecule has 0 spiro atoms. The first-order chi connectivity index (χ1) is 7.66. The zero-order valence-corrected chi connectivity index (χ0v) is 9.42. The molecule has 82 valence electrons. The van der Waals surface area contributed by atoms with Crippen molar-refractivity contribution in [3.63, 3.8) is 0 Å². The second-order valence-electron chi connectivity index (χ2n) is 3.38. The van der Waals surface area contributed by atoms with Gasteiger partial charge in [0.2, 0.25) is 0 Å². The Morgan fingerprint density at radius 1 is 1.19 bits per heavy atom. The third kappa shape index (κ3) is 2.31. The molecule has 2 nitrogen and oxygen atoms in total. The second kappa shape index (κ2) is 4.49. The maximum atomic E-state index is 13.3. The molecule has 0 aliphatic carbocycles. The highest BCUT2D eigenvalue weighted by molar-refractivity contribution is 6.29. The highest BCUT2D eigenvalue weighted by Gasteiger charge is 2.04. The SMILES string of the molecule is Cc1c(F)cccc1Nc1cccc(Cl)n1. The molecule has 2 aromatic rings. The van der Waals surface area contributed by atoms with Gasteiger partial charge in [0.05, 0.1) is 0 Å². The minimum atomic E-state index is -0.243. The van der Waals surface area contributed by atoms with Crippen molar-refractivity contribution in [3.8, 4) is 0 Å². The zero-order chi connectivity index (χ0) is 11.5. The van der Waals surface area contributed by atoms with Crippen molar-refractivity contribution in [2.45, 2.75) is 6.92 Å². The van der Waals surface area contributed by atoms with E-state index in [1.165, 1.54) is 6.07 Å². The molecule has 1 N–H and O–H groups in total. The van der Waals surface area contributed by atoms with Gasteiger partial charge in [0.15, 0.2) is 0 Å². The van der Waals surface area contributed by atoms with Crippen LogP contribution in [0.3, 0.4) is 0 Å². The van der Waals surface area contributed by atoms with Crippen LogP contribution < -0.4 is 5.32 Å². The van der Waals surface area contributed by atoms with Crippen LogP contribution in [0.1, 0.15) is 5.56 Å². The lowest BCUT2D eigenvalue weighted by Crippen LogP contribution is -1.97. The maximum Gasteiger partial charge on any atom is 0.132 e. The third-order valence-electron chi connectivity index (χ3n) is 2.25. The Labute approximate surface area is 98.1 Å². The van der Waals surface area contributed by atoms with Crippen LogP contribution in [-0.4, -0.2) is 4.98 Å². The fraction of sp³-hybridized carbons (Fsp3) is 0.0833. The average molecular weight is 237 g/mol. The van der Waals surface area contributed by atoms with Crippen LogP contribution in [0.2, 0.25) is 5.15 Å². The van der Waals surface area contributed by atoms with E-state index in [9.17, 15) is 4.39 Å². The Kier molecular flexibility index (Phi) is 3.06. The summed E-state index contributed by atoms with van der Waals surface area (Å²) in [4.78, 5) is 4.07. The van der Waals surface area contributed by atoms with E-state index in [2.05, 4.69) is 10.3 Å². The monoisotopic (exact) mass is 236 g/mol. The second-order valence-corrected chi connectivity index (χ2v) is 3.77. The van der Waals surface area contributed by atoms with Gasteiger partial charge in [-0.2, -0.15) is 0 Å². The highest BCUT2D eigenvalue weighted by atomic mass is 35.5. The molecule has 1 heterocycles. The summed E-state index contributed by atoms with van der Waals surface area (Å²) < 4.78 is 13.3. The fourth-order valence-corrected chi connectivity index (χ4v) is 1.52. The molecule has 2 rings (SSSR count). The minimum Gasteiger partial charge on any atom is -0.340 e. The van der Waals surface area contributed by atoms with Crippen LogP contribution >= 0.6 is 11.6 Å². The molecule has 0 atom stereocenters. The zero-order valence-electron chi connectivity index (χ0n) is 8.67. The number of hydrogen-bond acceptors (Lipinski definition) is 2. The molecule has 4 heteroatoms. The standard InChI is InChI=1S/C12H10ClFN2/c1-8-9(14)4-2-5-10(8)15-12-7-3-6-11(13)16-12/h2-7H,1H3,(H,15,16). The minimum absolute atomic E-state index is 0.243. The van der Waals surface area contributed by atoms with Crippen LogP contribution in [0.15, 0.2) is 36.4 Å². The first kappa shape index (κ1) is 10.9. The number of nitrogens with one attached hydrogen (secondary N) is 1. The van der Waals surface area contributed by atoms with E-state index >= 15 is 0 Å². The van der Waals surface area contributed by atoms with Crippen molar-refractivity contribution in [3.05, 3.63) is 52.9 Å². The lowest BCUT2D eigenvalue weighted by atomic mass is 10.2. The largest absolute Gasteiger partial charge is 0.340 e. The van der Waals surface area contributed by atoms with E-state index in [1.807, 2.05) is 0 Å². The molecule has 0 amide bonds. The summed E-state index contributed by atoms with van der Waals surface area (Å²) in [7, 11) is 0. The van der Waals surface area contributed by atoms with Crippen LogP contribution in [0.5, 0.6) is 0 Å². The number of rotatable bonds is 2. The maximum absolute atomic E-state index is 13.3. The van der Waals surface area contributed by atoms with Crippen LogP contribution in [0.4, 0.5) is 15.9 Å². The quantitative estimate of drug-likeness (QED) is 0.800. The fourth-order valence-electron chi connectivity index (χ4n) is 1.36. The molecule has 0 saturated heterocycles. The van der Waals surface area contributed by atoms with Gasteiger partial charge in [-0.05, 0) is 31.2 Å². The van der Waals surface area contributed by atoms with Crippen molar-refractivity contribution < 1.29 is 4.39 Å². The first-order valence-corrected chi connectivity index (χ1v) is 5.19. The topological polar surface area (TPSA) is 24.9 Å². The molecular formula is C12H10ClFN2. The van der Waals surface area contributed by atoms with E-state index in [4.69, 9.17) is 11.6 Å². The summed E-state index contributed by atoms with van der Waals surface area (Å²) >= 11 is 5.76. The molecule has 0 bridgehead atoms. The highest BCUT2D eigenvalue weighted by Crippen LogP contribution is 2.21. The number of pyridine rings is 1. The van der Waals surface area contributed by atoms with Gasteiger partial charge in [-0.3, -0.25) is 0 Å². The van der Waals surface area contributed by atoms with Gasteiger partial charge in [-0.1, -0.05) is 23.7 Å². The van der Waals surface area contributed by atoms with Crippen LogP contribution in [-0.2, 0) is 0 Å². The Morgan fingerprint density at radius 2 is 1.94 bits per heavy atom. The predicted octanol–water partition coefficient (Wildman–Crippen LogP) is 3.93. The number of benzene rings is 1. The third-order valence-corrected chi connectivity index (χ3v) is 2.46. The molecule has 1 aromatic carbocycles. The molecule has 1 aromatic heterocycles. The van der Waals surface area contributed by atoms with Crippen LogP contribution in [0, 0.1) is 12.7 Å². The van der Waals surface area contributed by atoms with E-state index < -0.39 is 0 Å². The Morgan fingerprint density at radius 3 is 2.69 bits per heavy atom. The summed E-state index contributed by atoms with van der Waals surface area (Å²) in [6, 6.07) is 10.1. The van der Waals surface area contributed by atoms with Crippen molar-refractivity contribution in [2.24, 2.45) is 0 Å². The number of hydrogen-bond donors (Lipinski definition) is 1. The summed E-state index contributed by atoms with van der Waals surface area (Å²) in [5.74, 6) is 0.355. The molecule has 16 heavy (non-hydrogen) atoms. The normalized spacial score (nSPS) is 10.2. The van der Waals surface area contributed by atoms with E-state index in [0.29, 0.717) is 22.2 Å². The van der Waals surface area contributed by atoms with Gasteiger partial charge >= 0.3 is 0 Å². The van der Waals surface area contributed by atoms with Crippen molar-refractivity contribution in [1.29, 1.82) is 0 Å². The van der Waals surface area contributed by atoms with E-state index in [1.54, 1.807) is 37.3 Å². The van der Waals surface area contributed by atoms with Crippen molar-refractivity contribution in [1.82, 2.24) is 4.98 Å². The van der Waals surface area contributed by atoms with E-state index in [-0.39, 0.29) is 5.82 Å². The molecule has 0 fully saturated rings. The number of anilines is 2. The Bertz CT molecular complexity index is 514. The van der Waals surface area contributed by atoms with Gasteiger partial charge in [-0.25, -0.2) is 9.37 Å². The van der Waals surface area contributed by atoms with Crippen molar-refractivity contribution >= 4 is 23.1 Å². The Hall–Kier alpha value is -1.61. The molecule has 0 aliphatic rings. The van der Waals surface area contributed by atoms with Crippen LogP contribution in [0.25, 0.3) is 0 Å². The Balaban J connectivity index is 2.31. The molecular weight excluding hydrogens is 227 g/mol. The predicted molar refractivity (Wildman–Crippen MR) is 63.7 cm³/mol.